The highest BCUT2D eigenvalue weighted by Crippen LogP contribution is 2.24. The van der Waals surface area contributed by atoms with Gasteiger partial charge in [-0.05, 0) is 41.3 Å². The Bertz CT molecular complexity index is 1040. The smallest absolute Gasteiger partial charge is 0.338 e. The monoisotopic (exact) mass is 465 g/mol. The van der Waals surface area contributed by atoms with Gasteiger partial charge in [0.25, 0.3) is 0 Å². The lowest BCUT2D eigenvalue weighted by Crippen LogP contribution is -2.41. The fourth-order valence-corrected chi connectivity index (χ4v) is 4.68. The highest BCUT2D eigenvalue weighted by Gasteiger charge is 2.30. The molecule has 2 aromatic rings. The summed E-state index contributed by atoms with van der Waals surface area (Å²) in [6.45, 7) is 7.18. The van der Waals surface area contributed by atoms with Crippen LogP contribution in [0, 0.1) is 5.82 Å². The van der Waals surface area contributed by atoms with E-state index < -0.39 is 26.7 Å². The number of hydrogen-bond acceptors (Lipinski definition) is 6. The highest BCUT2D eigenvalue weighted by atomic mass is 32.2. The second kappa shape index (κ2) is 9.97. The van der Waals surface area contributed by atoms with Gasteiger partial charge in [0.1, 0.15) is 29.7 Å². The number of ether oxygens (including phenoxy) is 3. The van der Waals surface area contributed by atoms with Gasteiger partial charge in [-0.1, -0.05) is 32.9 Å². The van der Waals surface area contributed by atoms with E-state index in [-0.39, 0.29) is 50.5 Å². The van der Waals surface area contributed by atoms with E-state index in [9.17, 15) is 17.6 Å². The van der Waals surface area contributed by atoms with Crippen LogP contribution in [0.4, 0.5) is 4.39 Å². The summed E-state index contributed by atoms with van der Waals surface area (Å²) in [6.07, 6.45) is 0. The summed E-state index contributed by atoms with van der Waals surface area (Å²) >= 11 is 0. The molecule has 0 aliphatic carbocycles. The summed E-state index contributed by atoms with van der Waals surface area (Å²) in [5.74, 6) is -1.03. The van der Waals surface area contributed by atoms with Gasteiger partial charge in [0.2, 0.25) is 10.0 Å². The van der Waals surface area contributed by atoms with Gasteiger partial charge in [0, 0.05) is 13.1 Å². The zero-order valence-electron chi connectivity index (χ0n) is 18.5. The molecular weight excluding hydrogens is 437 g/mol. The van der Waals surface area contributed by atoms with Gasteiger partial charge in [-0.25, -0.2) is 17.6 Å². The van der Waals surface area contributed by atoms with Gasteiger partial charge in [0.05, 0.1) is 18.8 Å². The standard InChI is InChI=1S/C23H28FNO6S/c1-23(2,3)18-5-7-19(8-6-18)30-14-15-31-22(26)17-4-9-20(24)21(16-17)32(27,28)25-10-12-29-13-11-25/h4-9,16H,10-15H2,1-3H3. The van der Waals surface area contributed by atoms with E-state index in [1.807, 2.05) is 24.3 Å². The zero-order valence-corrected chi connectivity index (χ0v) is 19.3. The first-order valence-corrected chi connectivity index (χ1v) is 11.8. The van der Waals surface area contributed by atoms with E-state index in [2.05, 4.69) is 20.8 Å². The zero-order chi connectivity index (χ0) is 23.4. The lowest BCUT2D eigenvalue weighted by atomic mass is 9.87. The summed E-state index contributed by atoms with van der Waals surface area (Å²) in [5, 5.41) is 0. The number of nitrogens with zero attached hydrogens (tertiary/aromatic N) is 1. The first-order chi connectivity index (χ1) is 15.1. The minimum atomic E-state index is -4.08. The van der Waals surface area contributed by atoms with Crippen LogP contribution in [0.3, 0.4) is 0 Å². The number of halogens is 1. The molecule has 0 atom stereocenters. The van der Waals surface area contributed by atoms with Crippen molar-refractivity contribution in [1.29, 1.82) is 0 Å². The van der Waals surface area contributed by atoms with Crippen LogP contribution >= 0.6 is 0 Å². The van der Waals surface area contributed by atoms with Crippen molar-refractivity contribution in [3.63, 3.8) is 0 Å². The van der Waals surface area contributed by atoms with Crippen LogP contribution in [0.2, 0.25) is 0 Å². The van der Waals surface area contributed by atoms with Crippen LogP contribution in [-0.4, -0.2) is 58.2 Å². The lowest BCUT2D eigenvalue weighted by molar-refractivity contribution is 0.0450. The molecule has 1 heterocycles. The van der Waals surface area contributed by atoms with Crippen molar-refractivity contribution in [3.05, 3.63) is 59.4 Å². The van der Waals surface area contributed by atoms with Crippen molar-refractivity contribution in [1.82, 2.24) is 4.31 Å². The Morgan fingerprint density at radius 2 is 1.72 bits per heavy atom. The van der Waals surface area contributed by atoms with Crippen molar-refractivity contribution >= 4 is 16.0 Å². The maximum Gasteiger partial charge on any atom is 0.338 e. The van der Waals surface area contributed by atoms with E-state index in [1.165, 1.54) is 11.6 Å². The molecule has 7 nitrogen and oxygen atoms in total. The molecule has 0 unspecified atom stereocenters. The SMILES string of the molecule is CC(C)(C)c1ccc(OCCOC(=O)c2ccc(F)c(S(=O)(=O)N3CCOCC3)c2)cc1. The van der Waals surface area contributed by atoms with Crippen molar-refractivity contribution < 1.29 is 31.8 Å². The molecule has 174 valence electrons. The maximum atomic E-state index is 14.3. The molecule has 0 radical (unpaired) electrons. The van der Waals surface area contributed by atoms with Crippen LogP contribution < -0.4 is 4.74 Å². The van der Waals surface area contributed by atoms with Crippen molar-refractivity contribution in [3.8, 4) is 5.75 Å². The van der Waals surface area contributed by atoms with Gasteiger partial charge >= 0.3 is 5.97 Å². The molecule has 0 amide bonds. The number of morpholine rings is 1. The van der Waals surface area contributed by atoms with Gasteiger partial charge in [-0.15, -0.1) is 0 Å². The molecule has 3 rings (SSSR count). The van der Waals surface area contributed by atoms with Crippen molar-refractivity contribution in [2.75, 3.05) is 39.5 Å². The molecular formula is C23H28FNO6S. The van der Waals surface area contributed by atoms with Gasteiger partial charge in [0.15, 0.2) is 0 Å². The van der Waals surface area contributed by atoms with Crippen LogP contribution in [0.1, 0.15) is 36.7 Å². The van der Waals surface area contributed by atoms with E-state index in [0.29, 0.717) is 5.75 Å². The predicted octanol–water partition coefficient (Wildman–Crippen LogP) is 3.38. The third kappa shape index (κ3) is 5.85. The van der Waals surface area contributed by atoms with E-state index in [1.54, 1.807) is 0 Å². The van der Waals surface area contributed by atoms with E-state index >= 15 is 0 Å². The predicted molar refractivity (Wildman–Crippen MR) is 117 cm³/mol. The van der Waals surface area contributed by atoms with Crippen molar-refractivity contribution in [2.45, 2.75) is 31.1 Å². The quantitative estimate of drug-likeness (QED) is 0.461. The van der Waals surface area contributed by atoms with Gasteiger partial charge < -0.3 is 14.2 Å². The Kier molecular flexibility index (Phi) is 7.53. The third-order valence-corrected chi connectivity index (χ3v) is 6.97. The number of carbonyl (C=O) groups is 1. The first kappa shape index (κ1) is 24.2. The molecule has 0 bridgehead atoms. The summed E-state index contributed by atoms with van der Waals surface area (Å²) in [4.78, 5) is 11.8. The average molecular weight is 466 g/mol. The highest BCUT2D eigenvalue weighted by molar-refractivity contribution is 7.89. The number of benzene rings is 2. The maximum absolute atomic E-state index is 14.3. The molecule has 1 aliphatic rings. The topological polar surface area (TPSA) is 82.1 Å². The lowest BCUT2D eigenvalue weighted by Gasteiger charge is -2.26. The Morgan fingerprint density at radius 1 is 1.06 bits per heavy atom. The molecule has 2 aromatic carbocycles. The Morgan fingerprint density at radius 3 is 2.34 bits per heavy atom. The molecule has 0 N–H and O–H groups in total. The van der Waals surface area contributed by atoms with Gasteiger partial charge in [-0.3, -0.25) is 0 Å². The molecule has 0 saturated carbocycles. The molecule has 9 heteroatoms. The third-order valence-electron chi connectivity index (χ3n) is 5.06. The number of esters is 1. The number of sulfonamides is 1. The summed E-state index contributed by atoms with van der Waals surface area (Å²) in [6, 6.07) is 10.8. The number of hydrogen-bond donors (Lipinski definition) is 0. The molecule has 0 aromatic heterocycles. The van der Waals surface area contributed by atoms with Crippen molar-refractivity contribution in [2.24, 2.45) is 0 Å². The summed E-state index contributed by atoms with van der Waals surface area (Å²) in [7, 11) is -4.08. The minimum absolute atomic E-state index is 0.0389. The molecule has 1 saturated heterocycles. The molecule has 32 heavy (non-hydrogen) atoms. The fourth-order valence-electron chi connectivity index (χ4n) is 3.18. The van der Waals surface area contributed by atoms with Gasteiger partial charge in [-0.2, -0.15) is 4.31 Å². The largest absolute Gasteiger partial charge is 0.490 e. The second-order valence-electron chi connectivity index (χ2n) is 8.42. The second-order valence-corrected chi connectivity index (χ2v) is 10.3. The summed E-state index contributed by atoms with van der Waals surface area (Å²) in [5.41, 5.74) is 1.17. The Labute approximate surface area is 188 Å². The molecule has 1 fully saturated rings. The van der Waals surface area contributed by atoms with Crippen LogP contribution in [0.25, 0.3) is 0 Å². The minimum Gasteiger partial charge on any atom is -0.490 e. The van der Waals surface area contributed by atoms with Crippen LogP contribution in [-0.2, 0) is 24.9 Å². The first-order valence-electron chi connectivity index (χ1n) is 10.4. The molecule has 1 aliphatic heterocycles. The number of rotatable bonds is 7. The van der Waals surface area contributed by atoms with E-state index in [4.69, 9.17) is 14.2 Å². The molecule has 0 spiro atoms. The summed E-state index contributed by atoms with van der Waals surface area (Å²) < 4.78 is 56.8. The van der Waals surface area contributed by atoms with Crippen LogP contribution in [0.15, 0.2) is 47.4 Å². The fraction of sp³-hybridized carbons (Fsp3) is 0.435. The van der Waals surface area contributed by atoms with E-state index in [0.717, 1.165) is 16.4 Å². The average Bonchev–Trinajstić information content (AvgIpc) is 2.77. The Hall–Kier alpha value is -2.49. The number of carbonyl (C=O) groups excluding carboxylic acids is 1. The van der Waals surface area contributed by atoms with Crippen LogP contribution in [0.5, 0.6) is 5.75 Å². The normalized spacial score (nSPS) is 15.4. The Balaban J connectivity index is 1.58.